The van der Waals surface area contributed by atoms with Crippen LogP contribution in [-0.2, 0) is 0 Å². The zero-order valence-corrected chi connectivity index (χ0v) is 9.96. The van der Waals surface area contributed by atoms with E-state index in [1.165, 1.54) is 0 Å². The first-order valence-electron chi connectivity index (χ1n) is 5.87. The summed E-state index contributed by atoms with van der Waals surface area (Å²) >= 11 is 0. The molecule has 88 valence electrons. The van der Waals surface area contributed by atoms with Crippen LogP contribution in [0.1, 0.15) is 26.3 Å². The number of rotatable bonds is 1. The highest BCUT2D eigenvalue weighted by atomic mass is 15.4. The smallest absolute Gasteiger partial charge is 0.222 e. The Morgan fingerprint density at radius 3 is 3.06 bits per heavy atom. The summed E-state index contributed by atoms with van der Waals surface area (Å²) in [4.78, 5) is 8.61. The fourth-order valence-electron chi connectivity index (χ4n) is 2.24. The van der Waals surface area contributed by atoms with E-state index in [2.05, 4.69) is 34.2 Å². The van der Waals surface area contributed by atoms with E-state index in [-0.39, 0.29) is 0 Å². The molecular formula is C12H15N5. The van der Waals surface area contributed by atoms with Gasteiger partial charge in [0.1, 0.15) is 0 Å². The van der Waals surface area contributed by atoms with Crippen molar-refractivity contribution >= 4 is 5.95 Å². The lowest BCUT2D eigenvalue weighted by Gasteiger charge is -2.26. The molecule has 0 bridgehead atoms. The van der Waals surface area contributed by atoms with Crippen molar-refractivity contribution < 1.29 is 0 Å². The van der Waals surface area contributed by atoms with Gasteiger partial charge in [0.2, 0.25) is 5.95 Å². The molecule has 3 rings (SSSR count). The van der Waals surface area contributed by atoms with E-state index < -0.39 is 0 Å². The lowest BCUT2D eigenvalue weighted by Crippen LogP contribution is -2.29. The fourth-order valence-corrected chi connectivity index (χ4v) is 2.24. The van der Waals surface area contributed by atoms with Gasteiger partial charge in [-0.05, 0) is 32.4 Å². The van der Waals surface area contributed by atoms with Crippen LogP contribution in [-0.4, -0.2) is 25.8 Å². The first kappa shape index (κ1) is 10.3. The molecule has 0 fully saturated rings. The molecule has 2 atom stereocenters. The Morgan fingerprint density at radius 1 is 1.41 bits per heavy atom. The van der Waals surface area contributed by atoms with Crippen LogP contribution in [0.5, 0.6) is 0 Å². The molecule has 2 aromatic heterocycles. The molecule has 0 aliphatic carbocycles. The maximum Gasteiger partial charge on any atom is 0.222 e. The summed E-state index contributed by atoms with van der Waals surface area (Å²) in [5.74, 6) is 1.59. The quantitative estimate of drug-likeness (QED) is 0.813. The summed E-state index contributed by atoms with van der Waals surface area (Å²) in [6.45, 7) is 4.33. The Hall–Kier alpha value is -1.91. The van der Waals surface area contributed by atoms with Crippen molar-refractivity contribution in [1.82, 2.24) is 19.7 Å². The highest BCUT2D eigenvalue weighted by Crippen LogP contribution is 2.27. The molecule has 0 saturated heterocycles. The Morgan fingerprint density at radius 2 is 2.29 bits per heavy atom. The minimum atomic E-state index is 0.388. The monoisotopic (exact) mass is 229 g/mol. The highest BCUT2D eigenvalue weighted by Gasteiger charge is 2.23. The number of aromatic nitrogens is 4. The molecule has 2 aromatic rings. The zero-order chi connectivity index (χ0) is 11.8. The Labute approximate surface area is 99.9 Å². The molecule has 5 nitrogen and oxygen atoms in total. The highest BCUT2D eigenvalue weighted by molar-refractivity contribution is 5.55. The van der Waals surface area contributed by atoms with Crippen molar-refractivity contribution in [3.63, 3.8) is 0 Å². The largest absolute Gasteiger partial charge is 0.352 e. The second-order valence-corrected chi connectivity index (χ2v) is 4.58. The normalized spacial score (nSPS) is 22.9. The number of nitrogens with one attached hydrogen (secondary N) is 1. The zero-order valence-electron chi connectivity index (χ0n) is 9.96. The Balaban J connectivity index is 2.03. The van der Waals surface area contributed by atoms with Gasteiger partial charge >= 0.3 is 0 Å². The molecule has 0 aromatic carbocycles. The lowest BCUT2D eigenvalue weighted by atomic mass is 10.1. The van der Waals surface area contributed by atoms with Gasteiger partial charge in [-0.15, -0.1) is 5.10 Å². The van der Waals surface area contributed by atoms with Crippen molar-refractivity contribution in [2.24, 2.45) is 0 Å². The molecular weight excluding hydrogens is 214 g/mol. The Kier molecular flexibility index (Phi) is 2.31. The van der Waals surface area contributed by atoms with Gasteiger partial charge < -0.3 is 5.32 Å². The second kappa shape index (κ2) is 3.84. The average Bonchev–Trinajstić information content (AvgIpc) is 2.74. The maximum absolute atomic E-state index is 4.54. The molecule has 2 unspecified atom stereocenters. The fraction of sp³-hybridized carbons (Fsp3) is 0.417. The topological polar surface area (TPSA) is 55.6 Å². The van der Waals surface area contributed by atoms with Crippen LogP contribution in [0.4, 0.5) is 5.95 Å². The summed E-state index contributed by atoms with van der Waals surface area (Å²) in [6.07, 6.45) is 4.61. The standard InChI is InChI=1S/C12H15N5/c1-8-6-9(2)17-12(14-8)15-11(16-17)10-4-3-5-13-7-10/h3-5,7-9H,6H2,1-2H3,(H,14,15,16). The molecule has 0 spiro atoms. The van der Waals surface area contributed by atoms with Crippen molar-refractivity contribution in [2.45, 2.75) is 32.4 Å². The van der Waals surface area contributed by atoms with Gasteiger partial charge in [0.15, 0.2) is 5.82 Å². The number of anilines is 1. The SMILES string of the molecule is CC1CC(C)n2nc(-c3cccnc3)nc2N1. The van der Waals surface area contributed by atoms with E-state index in [0.29, 0.717) is 12.1 Å². The minimum Gasteiger partial charge on any atom is -0.352 e. The molecule has 0 saturated carbocycles. The van der Waals surface area contributed by atoms with E-state index in [4.69, 9.17) is 0 Å². The molecule has 1 aliphatic rings. The lowest BCUT2D eigenvalue weighted by molar-refractivity contribution is 0.412. The van der Waals surface area contributed by atoms with Crippen LogP contribution in [0.15, 0.2) is 24.5 Å². The maximum atomic E-state index is 4.54. The van der Waals surface area contributed by atoms with E-state index in [9.17, 15) is 0 Å². The van der Waals surface area contributed by atoms with Crippen molar-refractivity contribution in [3.8, 4) is 11.4 Å². The first-order valence-corrected chi connectivity index (χ1v) is 5.87. The summed E-state index contributed by atoms with van der Waals surface area (Å²) in [6, 6.07) is 4.71. The molecule has 5 heteroatoms. The van der Waals surface area contributed by atoms with Gasteiger partial charge in [-0.3, -0.25) is 4.98 Å². The predicted molar refractivity (Wildman–Crippen MR) is 65.7 cm³/mol. The predicted octanol–water partition coefficient (Wildman–Crippen LogP) is 2.11. The van der Waals surface area contributed by atoms with Crippen molar-refractivity contribution in [2.75, 3.05) is 5.32 Å². The number of hydrogen-bond donors (Lipinski definition) is 1. The van der Waals surface area contributed by atoms with Crippen molar-refractivity contribution in [1.29, 1.82) is 0 Å². The number of nitrogens with zero attached hydrogens (tertiary/aromatic N) is 4. The van der Waals surface area contributed by atoms with Gasteiger partial charge in [0.25, 0.3) is 0 Å². The van der Waals surface area contributed by atoms with E-state index >= 15 is 0 Å². The third kappa shape index (κ3) is 1.77. The van der Waals surface area contributed by atoms with Gasteiger partial charge in [0, 0.05) is 24.0 Å². The molecule has 1 aliphatic heterocycles. The summed E-state index contributed by atoms with van der Waals surface area (Å²) in [5, 5.41) is 7.89. The van der Waals surface area contributed by atoms with Crippen LogP contribution in [0.2, 0.25) is 0 Å². The van der Waals surface area contributed by atoms with Crippen LogP contribution >= 0.6 is 0 Å². The van der Waals surface area contributed by atoms with E-state index in [1.54, 1.807) is 12.4 Å². The van der Waals surface area contributed by atoms with Crippen LogP contribution in [0.3, 0.4) is 0 Å². The minimum absolute atomic E-state index is 0.388. The second-order valence-electron chi connectivity index (χ2n) is 4.58. The number of fused-ring (bicyclic) bond motifs is 1. The average molecular weight is 229 g/mol. The van der Waals surface area contributed by atoms with Gasteiger partial charge in [-0.1, -0.05) is 0 Å². The Bertz CT molecular complexity index is 519. The third-order valence-electron chi connectivity index (χ3n) is 3.04. The molecule has 0 radical (unpaired) electrons. The van der Waals surface area contributed by atoms with Gasteiger partial charge in [0.05, 0.1) is 6.04 Å². The first-order chi connectivity index (χ1) is 8.24. The summed E-state index contributed by atoms with van der Waals surface area (Å²) in [7, 11) is 0. The van der Waals surface area contributed by atoms with Gasteiger partial charge in [-0.2, -0.15) is 4.98 Å². The molecule has 0 amide bonds. The van der Waals surface area contributed by atoms with Crippen LogP contribution in [0, 0.1) is 0 Å². The molecule has 17 heavy (non-hydrogen) atoms. The van der Waals surface area contributed by atoms with E-state index in [0.717, 1.165) is 23.8 Å². The molecule has 1 N–H and O–H groups in total. The van der Waals surface area contributed by atoms with E-state index in [1.807, 2.05) is 16.8 Å². The summed E-state index contributed by atoms with van der Waals surface area (Å²) in [5.41, 5.74) is 0.955. The van der Waals surface area contributed by atoms with Crippen LogP contribution < -0.4 is 5.32 Å². The molecule has 3 heterocycles. The summed E-state index contributed by atoms with van der Waals surface area (Å²) < 4.78 is 1.96. The van der Waals surface area contributed by atoms with Gasteiger partial charge in [-0.25, -0.2) is 4.68 Å². The van der Waals surface area contributed by atoms with Crippen molar-refractivity contribution in [3.05, 3.63) is 24.5 Å². The number of pyridine rings is 1. The number of hydrogen-bond acceptors (Lipinski definition) is 4. The third-order valence-corrected chi connectivity index (χ3v) is 3.04. The van der Waals surface area contributed by atoms with Crippen LogP contribution in [0.25, 0.3) is 11.4 Å².